The quantitative estimate of drug-likeness (QED) is 0.258. The maximum absolute atomic E-state index is 11.4. The third-order valence-electron chi connectivity index (χ3n) is 5.45. The van der Waals surface area contributed by atoms with Crippen molar-refractivity contribution in [3.05, 3.63) is 60.7 Å². The van der Waals surface area contributed by atoms with E-state index in [1.807, 2.05) is 88.4 Å². The molecule has 19 heteroatoms. The Hall–Kier alpha value is 3.14. The van der Waals surface area contributed by atoms with E-state index in [-0.39, 0.29) is 56.5 Å². The van der Waals surface area contributed by atoms with Gasteiger partial charge in [0.05, 0.1) is 0 Å². The number of imide groups is 2. The molecule has 2 aromatic rings. The van der Waals surface area contributed by atoms with Gasteiger partial charge in [-0.25, -0.2) is 9.59 Å². The zero-order chi connectivity index (χ0) is 42.3. The molecule has 2 aromatic carbocycles. The number of hydrogen-bond donors (Lipinski definition) is 3. The summed E-state index contributed by atoms with van der Waals surface area (Å²) in [6, 6.07) is 17.9. The van der Waals surface area contributed by atoms with Crippen LogP contribution in [0.2, 0.25) is 0 Å². The van der Waals surface area contributed by atoms with Crippen LogP contribution < -0.4 is 33.7 Å². The van der Waals surface area contributed by atoms with E-state index in [0.29, 0.717) is 58.1 Å². The van der Waals surface area contributed by atoms with Gasteiger partial charge in [0, 0.05) is 62.5 Å². The van der Waals surface area contributed by atoms with Gasteiger partial charge in [0.15, 0.2) is 0 Å². The number of anilines is 2. The molecule has 0 bridgehead atoms. The Labute approximate surface area is 435 Å². The molecule has 9 nitrogen and oxygen atoms in total. The van der Waals surface area contributed by atoms with Crippen molar-refractivity contribution in [3.63, 3.8) is 0 Å². The number of hydrogen-bond acceptors (Lipinski definition) is 5. The summed E-state index contributed by atoms with van der Waals surface area (Å²) in [5, 5.41) is 12.1. The average molecular weight is 1670 g/mol. The summed E-state index contributed by atoms with van der Waals surface area (Å²) in [7, 11) is 1.25. The molecule has 0 saturated carbocycles. The molecule has 1 radical (unpaired) electrons. The van der Waals surface area contributed by atoms with Gasteiger partial charge in [0.1, 0.15) is 0 Å². The molecule has 323 valence electrons. The Balaban J connectivity index is -0.0000000832. The average Bonchev–Trinajstić information content (AvgIpc) is 3.16. The number of amides is 6. The van der Waals surface area contributed by atoms with Crippen molar-refractivity contribution < 1.29 is 75.0 Å². The minimum Gasteiger partial charge on any atom is 0 e. The summed E-state index contributed by atoms with van der Waals surface area (Å²) >= 11 is 14.8. The molecule has 3 N–H and O–H groups in total. The molecule has 0 aromatic heterocycles. The second-order valence-electron chi connectivity index (χ2n) is 9.03. The Morgan fingerprint density at radius 2 is 0.855 bits per heavy atom. The van der Waals surface area contributed by atoms with Crippen molar-refractivity contribution in [3.8, 4) is 0 Å². The van der Waals surface area contributed by atoms with Crippen LogP contribution >= 0.6 is 117 Å². The van der Waals surface area contributed by atoms with Gasteiger partial charge < -0.3 is 5.11 Å². The van der Waals surface area contributed by atoms with Crippen molar-refractivity contribution in [2.45, 2.75) is 115 Å². The molecule has 0 aliphatic carbocycles. The van der Waals surface area contributed by atoms with Gasteiger partial charge in [-0.3, -0.25) is 30.0 Å². The van der Waals surface area contributed by atoms with E-state index in [1.54, 1.807) is 16.7 Å². The Morgan fingerprint density at radius 1 is 0.618 bits per heavy atom. The van der Waals surface area contributed by atoms with Crippen LogP contribution in [-0.4, -0.2) is 48.7 Å². The van der Waals surface area contributed by atoms with Crippen LogP contribution in [0.25, 0.3) is 0 Å². The molecule has 2 saturated heterocycles. The number of benzene rings is 2. The normalized spacial score (nSPS) is 11.3. The Bertz CT molecular complexity index is 980. The third kappa shape index (κ3) is 55.1. The van der Waals surface area contributed by atoms with Crippen molar-refractivity contribution in [2.24, 2.45) is 0 Å². The van der Waals surface area contributed by atoms with E-state index >= 15 is 0 Å². The van der Waals surface area contributed by atoms with Crippen LogP contribution in [0.3, 0.4) is 0 Å². The third-order valence-corrected chi connectivity index (χ3v) is 5.45. The first-order chi connectivity index (χ1) is 25.5. The van der Waals surface area contributed by atoms with Crippen LogP contribution in [0.5, 0.6) is 0 Å². The molecule has 0 spiro atoms. The number of para-hydroxylation sites is 2. The molecule has 0 atom stereocenters. The summed E-state index contributed by atoms with van der Waals surface area (Å²) < 4.78 is 0. The number of unbranched alkanes of at least 4 members (excludes halogenated alkanes) is 3. The number of halogens is 7. The second kappa shape index (κ2) is 66.2. The molecule has 2 heterocycles. The number of carbonyl (C=O) groups is 4. The summed E-state index contributed by atoms with van der Waals surface area (Å²) in [6.07, 6.45) is 7.44. The van der Waals surface area contributed by atoms with Crippen molar-refractivity contribution >= 4 is 152 Å². The van der Waals surface area contributed by atoms with Crippen LogP contribution in [0.15, 0.2) is 60.7 Å². The first-order valence-electron chi connectivity index (χ1n) is 17.2. The van der Waals surface area contributed by atoms with Crippen molar-refractivity contribution in [1.29, 1.82) is 0 Å². The number of nitrogens with one attached hydrogen (secondary N) is 2. The van der Waals surface area contributed by atoms with Gasteiger partial charge in [0.2, 0.25) is 11.8 Å². The number of aliphatic hydroxyl groups excluding tert-OH is 1. The fourth-order valence-corrected chi connectivity index (χ4v) is 3.19. The monoisotopic (exact) mass is 1670 g/mol. The molecule has 4 rings (SSSR count). The summed E-state index contributed by atoms with van der Waals surface area (Å²) in [4.78, 5) is 47.7. The minimum absolute atomic E-state index is 0. The molecule has 55 heavy (non-hydrogen) atoms. The van der Waals surface area contributed by atoms with Gasteiger partial charge in [-0.05, 0) is 31.2 Å². The molecule has 6 amide bonds. The maximum atomic E-state index is 11.4. The molecule has 0 unspecified atom stereocenters. The van der Waals surface area contributed by atoms with E-state index in [0.717, 1.165) is 11.4 Å². The van der Waals surface area contributed by atoms with Gasteiger partial charge >= 0.3 is 161 Å². The predicted molar refractivity (Wildman–Crippen MR) is 276 cm³/mol. The largest absolute Gasteiger partial charge is 0 e. The SMILES string of the molecule is C.CC.CC.CCCC.CCCCC.CCO.I[I-]I.O=C1CCN(c2ccccc2)C(=O)N1.O=C1CCN(c2ccccc2)C(=O)N1.[I][V][I].[I][V][I].[V]. The van der Waals surface area contributed by atoms with E-state index in [1.165, 1.54) is 32.1 Å². The van der Waals surface area contributed by atoms with Crippen molar-refractivity contribution in [1.82, 2.24) is 10.6 Å². The number of nitrogens with zero attached hydrogens (tertiary/aromatic N) is 2. The van der Waals surface area contributed by atoms with Gasteiger partial charge in [-0.1, -0.05) is 131 Å². The molecule has 2 aliphatic heterocycles. The fraction of sp³-hybridized carbons (Fsp3) is 0.556. The van der Waals surface area contributed by atoms with Gasteiger partial charge in [-0.15, -0.1) is 0 Å². The van der Waals surface area contributed by atoms with Crippen LogP contribution in [0.1, 0.15) is 115 Å². The summed E-state index contributed by atoms with van der Waals surface area (Å²) in [5.41, 5.74) is 1.63. The Kier molecular flexibility index (Phi) is 91.0. The second-order valence-corrected chi connectivity index (χ2v) is 48.9. The Morgan fingerprint density at radius 3 is 1.02 bits per heavy atom. The standard InChI is InChI=1S/2C10H10N2O2.C5H12.C4H10.C2H6O.2C2H6.CH4.I3.4HI.3V/c2*13-9-6-7-12(10(14)11-9)8-4-2-1-3-5-8;1-3-5-4-2;1-3-4-2;1-2-3;2*1-2;;1-3-2;;;;;;;/h2*1-5H,6-7H2,(H,11,13,14);3-5H2,1-2H3;3-4H2,1-2H3;3H,2H2,1H3;2*1-2H3;1H4;;4*1H;;;/q;;;;;;;;-1;;;;;;2*+2/p-4. The topological polar surface area (TPSA) is 119 Å². The van der Waals surface area contributed by atoms with Crippen molar-refractivity contribution in [2.75, 3.05) is 29.5 Å². The number of aliphatic hydroxyl groups is 1. The minimum atomic E-state index is -0.340. The first kappa shape index (κ1) is 75.5. The predicted octanol–water partition coefficient (Wildman–Crippen LogP) is 11.3. The smallest absolute Gasteiger partial charge is 0 e. The van der Waals surface area contributed by atoms with Gasteiger partial charge in [0.25, 0.3) is 0 Å². The molecular weight excluding hydrogens is 1610 g/mol. The van der Waals surface area contributed by atoms with Crippen LogP contribution in [0, 0.1) is 0 Å². The van der Waals surface area contributed by atoms with E-state index in [9.17, 15) is 19.2 Å². The summed E-state index contributed by atoms with van der Waals surface area (Å²) in [6.45, 7) is 19.6. The van der Waals surface area contributed by atoms with E-state index < -0.39 is 0 Å². The van der Waals surface area contributed by atoms with Gasteiger partial charge in [-0.2, -0.15) is 0 Å². The summed E-state index contributed by atoms with van der Waals surface area (Å²) in [5.74, 6) is -0.413. The maximum Gasteiger partial charge on any atom is 0 e. The number of urea groups is 2. The van der Waals surface area contributed by atoms with E-state index in [4.69, 9.17) is 5.11 Å². The molecule has 2 aliphatic rings. The van der Waals surface area contributed by atoms with E-state index in [2.05, 4.69) is 155 Å². The zero-order valence-electron chi connectivity index (χ0n) is 32.8. The van der Waals surface area contributed by atoms with Crippen LogP contribution in [-0.2, 0) is 47.1 Å². The number of rotatable bonds is 5. The number of carbonyl (C=O) groups excluding carboxylic acids is 4. The molecule has 2 fully saturated rings. The fourth-order valence-electron chi connectivity index (χ4n) is 3.19. The zero-order valence-corrected chi connectivity index (χ0v) is 52.1. The first-order valence-corrected chi connectivity index (χ1v) is 47.8. The molecular formula is C36H64I7N4O5V3-. The van der Waals surface area contributed by atoms with Crippen LogP contribution in [0.4, 0.5) is 21.0 Å².